The molecule has 1 aliphatic rings. The molecule has 18 heavy (non-hydrogen) atoms. The molecule has 0 aliphatic heterocycles. The number of nitrogens with one attached hydrogen (secondary N) is 1. The summed E-state index contributed by atoms with van der Waals surface area (Å²) in [5.41, 5.74) is -0.394. The first-order valence-corrected chi connectivity index (χ1v) is 6.22. The average molecular weight is 258 g/mol. The zero-order valence-electron chi connectivity index (χ0n) is 10.3. The van der Waals surface area contributed by atoms with Crippen LogP contribution in [0, 0.1) is 5.41 Å². The van der Waals surface area contributed by atoms with E-state index in [2.05, 4.69) is 17.2 Å². The van der Waals surface area contributed by atoms with Gasteiger partial charge in [0.05, 0.1) is 5.56 Å². The average Bonchev–Trinajstić information content (AvgIpc) is 2.27. The van der Waals surface area contributed by atoms with Crippen LogP contribution in [0.1, 0.15) is 38.2 Å². The van der Waals surface area contributed by atoms with Crippen LogP contribution < -0.4 is 5.32 Å². The Morgan fingerprint density at radius 1 is 1.39 bits per heavy atom. The third-order valence-electron chi connectivity index (χ3n) is 3.90. The Labute approximate surface area is 105 Å². The summed E-state index contributed by atoms with van der Waals surface area (Å²) in [5.74, 6) is 0.310. The second-order valence-electron chi connectivity index (χ2n) is 4.99. The van der Waals surface area contributed by atoms with Crippen molar-refractivity contribution in [1.82, 2.24) is 4.98 Å². The molecule has 0 bridgehead atoms. The monoisotopic (exact) mass is 258 g/mol. The fourth-order valence-electron chi connectivity index (χ4n) is 2.31. The van der Waals surface area contributed by atoms with Crippen molar-refractivity contribution in [3.8, 4) is 0 Å². The van der Waals surface area contributed by atoms with Gasteiger partial charge in [0.15, 0.2) is 0 Å². The lowest BCUT2D eigenvalue weighted by Crippen LogP contribution is -2.36. The van der Waals surface area contributed by atoms with Crippen LogP contribution in [-0.4, -0.2) is 11.5 Å². The zero-order chi connectivity index (χ0) is 13.2. The number of anilines is 1. The minimum absolute atomic E-state index is 0.260. The van der Waals surface area contributed by atoms with E-state index in [0.29, 0.717) is 12.4 Å². The Kier molecular flexibility index (Phi) is 3.50. The lowest BCUT2D eigenvalue weighted by molar-refractivity contribution is -0.137. The molecule has 0 unspecified atom stereocenters. The Hall–Kier alpha value is -1.26. The fourth-order valence-corrected chi connectivity index (χ4v) is 2.31. The van der Waals surface area contributed by atoms with E-state index >= 15 is 0 Å². The maximum Gasteiger partial charge on any atom is 0.416 e. The lowest BCUT2D eigenvalue weighted by Gasteiger charge is -2.41. The van der Waals surface area contributed by atoms with E-state index in [1.165, 1.54) is 12.6 Å². The molecule has 1 aromatic rings. The number of aromatic nitrogens is 1. The van der Waals surface area contributed by atoms with E-state index in [9.17, 15) is 13.2 Å². The van der Waals surface area contributed by atoms with Crippen LogP contribution in [0.25, 0.3) is 0 Å². The highest BCUT2D eigenvalue weighted by molar-refractivity contribution is 5.38. The third kappa shape index (κ3) is 2.76. The summed E-state index contributed by atoms with van der Waals surface area (Å²) in [7, 11) is 0. The van der Waals surface area contributed by atoms with Crippen molar-refractivity contribution in [1.29, 1.82) is 0 Å². The molecule has 0 atom stereocenters. The standard InChI is InChI=1S/C13H17F3N2/c1-2-12(5-3-6-12)9-18-11-8-10(4-7-17-11)13(14,15)16/h4,7-8H,2-3,5-6,9H2,1H3,(H,17,18). The first-order chi connectivity index (χ1) is 8.45. The summed E-state index contributed by atoms with van der Waals surface area (Å²) in [6.07, 6.45) is 1.46. The van der Waals surface area contributed by atoms with Gasteiger partial charge in [0.2, 0.25) is 0 Å². The molecule has 100 valence electrons. The maximum absolute atomic E-state index is 12.5. The smallest absolute Gasteiger partial charge is 0.370 e. The van der Waals surface area contributed by atoms with E-state index in [1.807, 2.05) is 0 Å². The van der Waals surface area contributed by atoms with Gasteiger partial charge in [0, 0.05) is 12.7 Å². The van der Waals surface area contributed by atoms with Crippen LogP contribution in [0.3, 0.4) is 0 Å². The first-order valence-electron chi connectivity index (χ1n) is 6.22. The van der Waals surface area contributed by atoms with E-state index < -0.39 is 11.7 Å². The van der Waals surface area contributed by atoms with Gasteiger partial charge in [-0.05, 0) is 36.8 Å². The highest BCUT2D eigenvalue weighted by Crippen LogP contribution is 2.43. The minimum atomic E-state index is -4.31. The molecule has 0 aromatic carbocycles. The molecular weight excluding hydrogens is 241 g/mol. The van der Waals surface area contributed by atoms with Crippen molar-refractivity contribution in [3.05, 3.63) is 23.9 Å². The Morgan fingerprint density at radius 2 is 2.11 bits per heavy atom. The van der Waals surface area contributed by atoms with Crippen LogP contribution >= 0.6 is 0 Å². The summed E-state index contributed by atoms with van der Waals surface area (Å²) in [4.78, 5) is 3.94. The summed E-state index contributed by atoms with van der Waals surface area (Å²) in [6.45, 7) is 2.83. The lowest BCUT2D eigenvalue weighted by atomic mass is 9.67. The summed E-state index contributed by atoms with van der Waals surface area (Å²) in [5, 5.41) is 3.04. The quantitative estimate of drug-likeness (QED) is 0.879. The third-order valence-corrected chi connectivity index (χ3v) is 3.90. The molecule has 1 saturated carbocycles. The Morgan fingerprint density at radius 3 is 2.61 bits per heavy atom. The Balaban J connectivity index is 2.01. The van der Waals surface area contributed by atoms with Gasteiger partial charge >= 0.3 is 6.18 Å². The molecule has 2 nitrogen and oxygen atoms in total. The van der Waals surface area contributed by atoms with Gasteiger partial charge in [-0.3, -0.25) is 0 Å². The molecule has 0 radical (unpaired) electrons. The topological polar surface area (TPSA) is 24.9 Å². The molecular formula is C13H17F3N2. The van der Waals surface area contributed by atoms with Gasteiger partial charge < -0.3 is 5.32 Å². The van der Waals surface area contributed by atoms with Crippen molar-refractivity contribution >= 4 is 5.82 Å². The number of halogens is 3. The van der Waals surface area contributed by atoms with E-state index in [-0.39, 0.29) is 5.41 Å². The van der Waals surface area contributed by atoms with Gasteiger partial charge in [0.1, 0.15) is 5.82 Å². The molecule has 5 heteroatoms. The van der Waals surface area contributed by atoms with Gasteiger partial charge in [-0.1, -0.05) is 13.3 Å². The predicted octanol–water partition coefficient (Wildman–Crippen LogP) is 4.09. The van der Waals surface area contributed by atoms with E-state index in [4.69, 9.17) is 0 Å². The number of rotatable bonds is 4. The molecule has 0 saturated heterocycles. The zero-order valence-corrected chi connectivity index (χ0v) is 10.3. The van der Waals surface area contributed by atoms with Crippen molar-refractivity contribution in [2.75, 3.05) is 11.9 Å². The first kappa shape index (κ1) is 13.2. The summed E-state index contributed by atoms with van der Waals surface area (Å²) in [6, 6.07) is 2.06. The maximum atomic E-state index is 12.5. The molecule has 0 spiro atoms. The summed E-state index contributed by atoms with van der Waals surface area (Å²) >= 11 is 0. The molecule has 0 amide bonds. The van der Waals surface area contributed by atoms with Crippen molar-refractivity contribution in [2.45, 2.75) is 38.8 Å². The van der Waals surface area contributed by atoms with Crippen LogP contribution in [0.15, 0.2) is 18.3 Å². The van der Waals surface area contributed by atoms with Crippen LogP contribution in [-0.2, 0) is 6.18 Å². The van der Waals surface area contributed by atoms with Crippen LogP contribution in [0.5, 0.6) is 0 Å². The van der Waals surface area contributed by atoms with Gasteiger partial charge in [-0.25, -0.2) is 4.98 Å². The van der Waals surface area contributed by atoms with Crippen molar-refractivity contribution in [2.24, 2.45) is 5.41 Å². The highest BCUT2D eigenvalue weighted by Gasteiger charge is 2.35. The molecule has 2 rings (SSSR count). The SMILES string of the molecule is CCC1(CNc2cc(C(F)(F)F)ccn2)CCC1. The number of alkyl halides is 3. The molecule has 1 heterocycles. The largest absolute Gasteiger partial charge is 0.416 e. The molecule has 1 aliphatic carbocycles. The van der Waals surface area contributed by atoms with Crippen LogP contribution in [0.2, 0.25) is 0 Å². The van der Waals surface area contributed by atoms with Crippen molar-refractivity contribution < 1.29 is 13.2 Å². The number of hydrogen-bond donors (Lipinski definition) is 1. The normalized spacial score (nSPS) is 18.2. The van der Waals surface area contributed by atoms with E-state index in [0.717, 1.165) is 31.4 Å². The van der Waals surface area contributed by atoms with Crippen LogP contribution in [0.4, 0.5) is 19.0 Å². The number of pyridine rings is 1. The minimum Gasteiger partial charge on any atom is -0.370 e. The second-order valence-corrected chi connectivity index (χ2v) is 4.99. The Bertz CT molecular complexity index is 405. The second kappa shape index (κ2) is 4.78. The van der Waals surface area contributed by atoms with Gasteiger partial charge in [-0.2, -0.15) is 13.2 Å². The fraction of sp³-hybridized carbons (Fsp3) is 0.615. The van der Waals surface area contributed by atoms with Gasteiger partial charge in [-0.15, -0.1) is 0 Å². The molecule has 1 aromatic heterocycles. The number of nitrogens with zero attached hydrogens (tertiary/aromatic N) is 1. The van der Waals surface area contributed by atoms with Gasteiger partial charge in [0.25, 0.3) is 0 Å². The summed E-state index contributed by atoms with van der Waals surface area (Å²) < 4.78 is 37.6. The molecule has 1 fully saturated rings. The number of hydrogen-bond acceptors (Lipinski definition) is 2. The van der Waals surface area contributed by atoms with E-state index in [1.54, 1.807) is 0 Å². The highest BCUT2D eigenvalue weighted by atomic mass is 19.4. The van der Waals surface area contributed by atoms with Crippen molar-refractivity contribution in [3.63, 3.8) is 0 Å². The molecule has 1 N–H and O–H groups in total. The predicted molar refractivity (Wildman–Crippen MR) is 64.3 cm³/mol.